The molecule has 0 aromatic carbocycles. The summed E-state index contributed by atoms with van der Waals surface area (Å²) in [6.45, 7) is 5.58. The lowest BCUT2D eigenvalue weighted by Gasteiger charge is -2.35. The van der Waals surface area contributed by atoms with E-state index in [-0.39, 0.29) is 0 Å². The Balaban J connectivity index is 1.48. The van der Waals surface area contributed by atoms with E-state index in [9.17, 15) is 0 Å². The number of anilines is 1. The topological polar surface area (TPSA) is 58.3 Å². The van der Waals surface area contributed by atoms with Gasteiger partial charge in [-0.25, -0.2) is 0 Å². The van der Waals surface area contributed by atoms with E-state index in [1.54, 1.807) is 0 Å². The van der Waals surface area contributed by atoms with Crippen molar-refractivity contribution in [3.63, 3.8) is 0 Å². The van der Waals surface area contributed by atoms with Crippen LogP contribution in [0.25, 0.3) is 5.65 Å². The number of fused-ring (bicyclic) bond motifs is 1. The zero-order valence-corrected chi connectivity index (χ0v) is 13.2. The van der Waals surface area contributed by atoms with Gasteiger partial charge in [-0.1, -0.05) is 13.3 Å². The molecule has 0 radical (unpaired) electrons. The summed E-state index contributed by atoms with van der Waals surface area (Å²) in [5.74, 6) is 2.51. The zero-order valence-electron chi connectivity index (χ0n) is 13.2. The van der Waals surface area contributed by atoms with Gasteiger partial charge in [0.05, 0.1) is 0 Å². The fourth-order valence-electron chi connectivity index (χ4n) is 3.43. The van der Waals surface area contributed by atoms with Crippen LogP contribution in [0.4, 0.5) is 5.82 Å². The highest BCUT2D eigenvalue weighted by atomic mass is 15.4. The fourth-order valence-corrected chi connectivity index (χ4v) is 3.43. The lowest BCUT2D eigenvalue weighted by atomic mass is 10.0. The molecule has 0 spiro atoms. The van der Waals surface area contributed by atoms with Crippen LogP contribution in [0.3, 0.4) is 0 Å². The van der Waals surface area contributed by atoms with E-state index in [1.165, 1.54) is 38.6 Å². The largest absolute Gasteiger partial charge is 0.367 e. The SMILES string of the molecule is CCN1CCCCC1CNc1ccc2nnc(C3CC3)n2n1. The Bertz CT molecular complexity index is 647. The summed E-state index contributed by atoms with van der Waals surface area (Å²) in [6.07, 6.45) is 6.39. The van der Waals surface area contributed by atoms with Crippen LogP contribution < -0.4 is 5.32 Å². The monoisotopic (exact) mass is 300 g/mol. The molecule has 1 aliphatic carbocycles. The Labute approximate surface area is 130 Å². The highest BCUT2D eigenvalue weighted by Crippen LogP contribution is 2.38. The van der Waals surface area contributed by atoms with Crippen molar-refractivity contribution in [2.45, 2.75) is 51.0 Å². The van der Waals surface area contributed by atoms with Crippen LogP contribution in [0.15, 0.2) is 12.1 Å². The third-order valence-corrected chi connectivity index (χ3v) is 4.90. The molecule has 1 aliphatic heterocycles. The molecule has 22 heavy (non-hydrogen) atoms. The van der Waals surface area contributed by atoms with Gasteiger partial charge in [0.1, 0.15) is 5.82 Å². The Hall–Kier alpha value is -1.69. The number of likely N-dealkylation sites (N-methyl/N-ethyl adjacent to an activating group) is 1. The summed E-state index contributed by atoms with van der Waals surface area (Å²) in [4.78, 5) is 2.57. The number of likely N-dealkylation sites (tertiary alicyclic amines) is 1. The molecule has 6 nitrogen and oxygen atoms in total. The van der Waals surface area contributed by atoms with Gasteiger partial charge in [-0.3, -0.25) is 4.90 Å². The molecule has 3 heterocycles. The van der Waals surface area contributed by atoms with Crippen molar-refractivity contribution < 1.29 is 0 Å². The van der Waals surface area contributed by atoms with Crippen LogP contribution in [-0.4, -0.2) is 50.4 Å². The summed E-state index contributed by atoms with van der Waals surface area (Å²) in [6, 6.07) is 4.65. The highest BCUT2D eigenvalue weighted by molar-refractivity contribution is 5.44. The summed E-state index contributed by atoms with van der Waals surface area (Å²) in [5.41, 5.74) is 0.848. The van der Waals surface area contributed by atoms with Gasteiger partial charge in [0.15, 0.2) is 11.5 Å². The Morgan fingerprint density at radius 1 is 1.18 bits per heavy atom. The van der Waals surface area contributed by atoms with Gasteiger partial charge in [0.2, 0.25) is 0 Å². The molecule has 2 aliphatic rings. The van der Waals surface area contributed by atoms with Gasteiger partial charge in [-0.2, -0.15) is 4.52 Å². The average Bonchev–Trinajstić information content (AvgIpc) is 3.32. The first-order chi connectivity index (χ1) is 10.8. The van der Waals surface area contributed by atoms with Gasteiger partial charge in [0, 0.05) is 18.5 Å². The highest BCUT2D eigenvalue weighted by Gasteiger charge is 2.29. The average molecular weight is 300 g/mol. The molecule has 1 atom stereocenters. The first kappa shape index (κ1) is 13.9. The van der Waals surface area contributed by atoms with Crippen LogP contribution in [-0.2, 0) is 0 Å². The van der Waals surface area contributed by atoms with Gasteiger partial charge in [-0.15, -0.1) is 15.3 Å². The molecule has 0 bridgehead atoms. The number of nitrogens with zero attached hydrogens (tertiary/aromatic N) is 5. The van der Waals surface area contributed by atoms with Crippen LogP contribution in [0.2, 0.25) is 0 Å². The zero-order chi connectivity index (χ0) is 14.9. The van der Waals surface area contributed by atoms with E-state index in [2.05, 4.69) is 27.3 Å². The maximum atomic E-state index is 4.69. The molecule has 1 N–H and O–H groups in total. The molecule has 1 unspecified atom stereocenters. The van der Waals surface area contributed by atoms with Crippen LogP contribution in [0.1, 0.15) is 50.8 Å². The van der Waals surface area contributed by atoms with E-state index in [4.69, 9.17) is 5.10 Å². The van der Waals surface area contributed by atoms with Gasteiger partial charge >= 0.3 is 0 Å². The van der Waals surface area contributed by atoms with Crippen molar-refractivity contribution in [3.8, 4) is 0 Å². The lowest BCUT2D eigenvalue weighted by molar-refractivity contribution is 0.164. The van der Waals surface area contributed by atoms with Crippen molar-refractivity contribution in [1.82, 2.24) is 24.7 Å². The van der Waals surface area contributed by atoms with E-state index < -0.39 is 0 Å². The predicted octanol–water partition coefficient (Wildman–Crippen LogP) is 2.29. The van der Waals surface area contributed by atoms with Gasteiger partial charge < -0.3 is 5.32 Å². The quantitative estimate of drug-likeness (QED) is 0.918. The molecule has 2 aromatic rings. The van der Waals surface area contributed by atoms with E-state index >= 15 is 0 Å². The van der Waals surface area contributed by atoms with Crippen molar-refractivity contribution in [1.29, 1.82) is 0 Å². The Morgan fingerprint density at radius 3 is 2.91 bits per heavy atom. The second kappa shape index (κ2) is 5.83. The third-order valence-electron chi connectivity index (χ3n) is 4.90. The maximum Gasteiger partial charge on any atom is 0.178 e. The van der Waals surface area contributed by atoms with Crippen molar-refractivity contribution in [2.24, 2.45) is 0 Å². The maximum absolute atomic E-state index is 4.69. The van der Waals surface area contributed by atoms with E-state index in [1.807, 2.05) is 16.6 Å². The standard InChI is InChI=1S/C16H24N6/c1-2-21-10-4-3-5-13(21)11-17-14-8-9-15-18-19-16(12-6-7-12)22(15)20-14/h8-9,12-13H,2-7,10-11H2,1H3,(H,17,20). The summed E-state index contributed by atoms with van der Waals surface area (Å²) < 4.78 is 1.92. The van der Waals surface area contributed by atoms with Crippen molar-refractivity contribution in [2.75, 3.05) is 25.0 Å². The number of nitrogens with one attached hydrogen (secondary N) is 1. The molecule has 2 aromatic heterocycles. The second-order valence-corrected chi connectivity index (χ2v) is 6.48. The number of hydrogen-bond donors (Lipinski definition) is 1. The first-order valence-electron chi connectivity index (χ1n) is 8.55. The van der Waals surface area contributed by atoms with Crippen molar-refractivity contribution >= 4 is 11.5 Å². The minimum atomic E-state index is 0.562. The number of rotatable bonds is 5. The molecule has 0 amide bonds. The minimum Gasteiger partial charge on any atom is -0.367 e. The van der Waals surface area contributed by atoms with Crippen molar-refractivity contribution in [3.05, 3.63) is 18.0 Å². The van der Waals surface area contributed by atoms with Gasteiger partial charge in [0.25, 0.3) is 0 Å². The molecule has 1 saturated heterocycles. The lowest BCUT2D eigenvalue weighted by Crippen LogP contribution is -2.43. The normalized spacial score (nSPS) is 23.0. The molecular weight excluding hydrogens is 276 g/mol. The predicted molar refractivity (Wildman–Crippen MR) is 86.1 cm³/mol. The first-order valence-corrected chi connectivity index (χ1v) is 8.55. The third kappa shape index (κ3) is 2.67. The van der Waals surface area contributed by atoms with E-state index in [0.717, 1.165) is 30.4 Å². The number of hydrogen-bond acceptors (Lipinski definition) is 5. The number of piperidine rings is 1. The Morgan fingerprint density at radius 2 is 2.09 bits per heavy atom. The van der Waals surface area contributed by atoms with Gasteiger partial charge in [-0.05, 0) is 50.9 Å². The molecule has 2 fully saturated rings. The summed E-state index contributed by atoms with van der Waals surface area (Å²) >= 11 is 0. The van der Waals surface area contributed by atoms with Crippen LogP contribution >= 0.6 is 0 Å². The Kier molecular flexibility index (Phi) is 3.70. The second-order valence-electron chi connectivity index (χ2n) is 6.48. The van der Waals surface area contributed by atoms with Crippen LogP contribution in [0, 0.1) is 0 Å². The molecule has 4 rings (SSSR count). The van der Waals surface area contributed by atoms with Crippen LogP contribution in [0.5, 0.6) is 0 Å². The summed E-state index contributed by atoms with van der Waals surface area (Å²) in [7, 11) is 0. The minimum absolute atomic E-state index is 0.562. The molecule has 118 valence electrons. The molecule has 1 saturated carbocycles. The smallest absolute Gasteiger partial charge is 0.178 e. The van der Waals surface area contributed by atoms with E-state index in [0.29, 0.717) is 12.0 Å². The fraction of sp³-hybridized carbons (Fsp3) is 0.688. The number of aromatic nitrogens is 4. The molecule has 6 heteroatoms. The summed E-state index contributed by atoms with van der Waals surface area (Å²) in [5, 5.41) is 16.7. The molecular formula is C16H24N6.